The predicted molar refractivity (Wildman–Crippen MR) is 67.1 cm³/mol. The van der Waals surface area contributed by atoms with Crippen molar-refractivity contribution in [2.24, 2.45) is 5.73 Å². The van der Waals surface area contributed by atoms with Crippen molar-refractivity contribution in [3.63, 3.8) is 0 Å². The van der Waals surface area contributed by atoms with Crippen molar-refractivity contribution in [3.8, 4) is 0 Å². The van der Waals surface area contributed by atoms with E-state index in [0.29, 0.717) is 17.0 Å². The number of hydrogen-bond acceptors (Lipinski definition) is 4. The maximum Gasteiger partial charge on any atom is 0.407 e. The van der Waals surface area contributed by atoms with Crippen molar-refractivity contribution in [2.45, 2.75) is 19.1 Å². The molecule has 1 amide bonds. The molecule has 0 saturated heterocycles. The minimum Gasteiger partial charge on any atom is -0.412 e. The molecule has 1 atom stereocenters. The zero-order valence-electron chi connectivity index (χ0n) is 10.3. The lowest BCUT2D eigenvalue weighted by atomic mass is 10.0. The zero-order valence-corrected chi connectivity index (χ0v) is 11.1. The molecule has 0 aliphatic rings. The van der Waals surface area contributed by atoms with Crippen LogP contribution in [0.2, 0.25) is 5.02 Å². The van der Waals surface area contributed by atoms with Gasteiger partial charge in [-0.1, -0.05) is 36.7 Å². The van der Waals surface area contributed by atoms with Crippen LogP contribution in [0.15, 0.2) is 24.3 Å². The summed E-state index contributed by atoms with van der Waals surface area (Å²) < 4.78 is 15.4. The van der Waals surface area contributed by atoms with Gasteiger partial charge in [0.25, 0.3) is 0 Å². The first-order chi connectivity index (χ1) is 8.55. The van der Waals surface area contributed by atoms with Crippen molar-refractivity contribution >= 4 is 17.7 Å². The Bertz CT molecular complexity index is 413. The highest BCUT2D eigenvalue weighted by Gasteiger charge is 2.37. The van der Waals surface area contributed by atoms with Crippen molar-refractivity contribution in [1.82, 2.24) is 0 Å². The Morgan fingerprint density at radius 3 is 2.61 bits per heavy atom. The number of ether oxygens (including phenoxy) is 3. The quantitative estimate of drug-likeness (QED) is 0.809. The van der Waals surface area contributed by atoms with E-state index < -0.39 is 11.9 Å². The number of carbonyl (C=O) groups is 1. The standard InChI is InChI=1S/C12H16ClNO4/c1-3-12(17-8-16-2,18-11(14)15)9-6-4-5-7-10(9)13/h4-7H,3,8H2,1-2H3,(H2,14,15)/t12-/m1/s1. The first-order valence-corrected chi connectivity index (χ1v) is 5.80. The van der Waals surface area contributed by atoms with E-state index in [4.69, 9.17) is 31.5 Å². The van der Waals surface area contributed by atoms with Gasteiger partial charge in [-0.2, -0.15) is 0 Å². The van der Waals surface area contributed by atoms with Crippen LogP contribution in [0.3, 0.4) is 0 Å². The third-order valence-electron chi connectivity index (χ3n) is 2.43. The number of methoxy groups -OCH3 is 1. The molecule has 0 bridgehead atoms. The molecule has 18 heavy (non-hydrogen) atoms. The number of amides is 1. The highest BCUT2D eigenvalue weighted by molar-refractivity contribution is 6.31. The number of halogens is 1. The second kappa shape index (κ2) is 6.58. The van der Waals surface area contributed by atoms with Crippen molar-refractivity contribution < 1.29 is 19.0 Å². The Morgan fingerprint density at radius 1 is 1.44 bits per heavy atom. The molecule has 2 N–H and O–H groups in total. The van der Waals surface area contributed by atoms with Gasteiger partial charge in [-0.25, -0.2) is 4.79 Å². The third-order valence-corrected chi connectivity index (χ3v) is 2.75. The van der Waals surface area contributed by atoms with Crippen LogP contribution in [0.4, 0.5) is 4.79 Å². The largest absolute Gasteiger partial charge is 0.412 e. The lowest BCUT2D eigenvalue weighted by molar-refractivity contribution is -0.249. The fourth-order valence-corrected chi connectivity index (χ4v) is 1.89. The highest BCUT2D eigenvalue weighted by Crippen LogP contribution is 2.35. The van der Waals surface area contributed by atoms with Gasteiger partial charge in [-0.05, 0) is 6.07 Å². The second-order valence-corrected chi connectivity index (χ2v) is 3.97. The molecule has 1 aromatic carbocycles. The molecule has 0 spiro atoms. The van der Waals surface area contributed by atoms with Gasteiger partial charge < -0.3 is 19.9 Å². The maximum absolute atomic E-state index is 11.1. The normalized spacial score (nSPS) is 13.9. The molecule has 6 heteroatoms. The van der Waals surface area contributed by atoms with E-state index in [9.17, 15) is 4.79 Å². The molecule has 1 rings (SSSR count). The Hall–Kier alpha value is -1.30. The van der Waals surface area contributed by atoms with Crippen LogP contribution in [0.5, 0.6) is 0 Å². The van der Waals surface area contributed by atoms with Gasteiger partial charge in [0.1, 0.15) is 0 Å². The molecule has 100 valence electrons. The first-order valence-electron chi connectivity index (χ1n) is 5.42. The number of primary amides is 1. The summed E-state index contributed by atoms with van der Waals surface area (Å²) >= 11 is 6.10. The topological polar surface area (TPSA) is 70.8 Å². The summed E-state index contributed by atoms with van der Waals surface area (Å²) in [5.74, 6) is -1.33. The van der Waals surface area contributed by atoms with Crippen LogP contribution < -0.4 is 5.73 Å². The van der Waals surface area contributed by atoms with Crippen LogP contribution in [0, 0.1) is 0 Å². The Morgan fingerprint density at radius 2 is 2.11 bits per heavy atom. The molecule has 5 nitrogen and oxygen atoms in total. The number of nitrogens with two attached hydrogens (primary N) is 1. The van der Waals surface area contributed by atoms with Crippen LogP contribution in [0.25, 0.3) is 0 Å². The van der Waals surface area contributed by atoms with Crippen molar-refractivity contribution in [3.05, 3.63) is 34.9 Å². The smallest absolute Gasteiger partial charge is 0.407 e. The maximum atomic E-state index is 11.1. The molecule has 0 aliphatic heterocycles. The van der Waals surface area contributed by atoms with Gasteiger partial charge in [0.15, 0.2) is 6.79 Å². The SMILES string of the molecule is CC[C@@](OCOC)(OC(N)=O)c1ccccc1Cl. The minimum absolute atomic E-state index is 0.0493. The summed E-state index contributed by atoms with van der Waals surface area (Å²) in [6.45, 7) is 1.74. The summed E-state index contributed by atoms with van der Waals surface area (Å²) in [4.78, 5) is 11.1. The van der Waals surface area contributed by atoms with Gasteiger partial charge in [-0.3, -0.25) is 0 Å². The number of carbonyl (C=O) groups excluding carboxylic acids is 1. The summed E-state index contributed by atoms with van der Waals surface area (Å²) in [6, 6.07) is 6.94. The molecule has 0 unspecified atom stereocenters. The molecule has 0 saturated carbocycles. The molecular weight excluding hydrogens is 258 g/mol. The van der Waals surface area contributed by atoms with Crippen molar-refractivity contribution in [1.29, 1.82) is 0 Å². The molecular formula is C12H16ClNO4. The van der Waals surface area contributed by atoms with Gasteiger partial charge in [0, 0.05) is 19.1 Å². The van der Waals surface area contributed by atoms with E-state index in [1.54, 1.807) is 31.2 Å². The molecule has 1 aromatic rings. The number of hydrogen-bond donors (Lipinski definition) is 1. The van der Waals surface area contributed by atoms with E-state index in [2.05, 4.69) is 0 Å². The third kappa shape index (κ3) is 3.35. The first kappa shape index (κ1) is 14.8. The molecule has 0 radical (unpaired) electrons. The Balaban J connectivity index is 3.16. The van der Waals surface area contributed by atoms with Gasteiger partial charge in [0.2, 0.25) is 5.79 Å². The van der Waals surface area contributed by atoms with E-state index >= 15 is 0 Å². The van der Waals surface area contributed by atoms with Gasteiger partial charge in [0.05, 0.1) is 5.02 Å². The fraction of sp³-hybridized carbons (Fsp3) is 0.417. The summed E-state index contributed by atoms with van der Waals surface area (Å²) in [7, 11) is 1.47. The lowest BCUT2D eigenvalue weighted by Gasteiger charge is -2.32. The van der Waals surface area contributed by atoms with Crippen LogP contribution >= 0.6 is 11.6 Å². The minimum atomic E-state index is -1.33. The fourth-order valence-electron chi connectivity index (χ4n) is 1.61. The predicted octanol–water partition coefficient (Wildman–Crippen LogP) is 2.62. The van der Waals surface area contributed by atoms with Crippen LogP contribution in [-0.4, -0.2) is 20.0 Å². The van der Waals surface area contributed by atoms with Crippen LogP contribution in [-0.2, 0) is 20.0 Å². The van der Waals surface area contributed by atoms with E-state index in [-0.39, 0.29) is 6.79 Å². The average Bonchev–Trinajstić information content (AvgIpc) is 2.35. The summed E-state index contributed by atoms with van der Waals surface area (Å²) in [5, 5.41) is 0.428. The monoisotopic (exact) mass is 273 g/mol. The molecule has 0 fully saturated rings. The zero-order chi connectivity index (χ0) is 13.6. The Labute approximate surface area is 111 Å². The Kier molecular flexibility index (Phi) is 5.40. The number of rotatable bonds is 6. The van der Waals surface area contributed by atoms with E-state index in [1.807, 2.05) is 0 Å². The van der Waals surface area contributed by atoms with Gasteiger partial charge >= 0.3 is 6.09 Å². The van der Waals surface area contributed by atoms with Gasteiger partial charge in [-0.15, -0.1) is 0 Å². The average molecular weight is 274 g/mol. The number of benzene rings is 1. The highest BCUT2D eigenvalue weighted by atomic mass is 35.5. The van der Waals surface area contributed by atoms with Crippen LogP contribution in [0.1, 0.15) is 18.9 Å². The van der Waals surface area contributed by atoms with E-state index in [1.165, 1.54) is 7.11 Å². The van der Waals surface area contributed by atoms with E-state index in [0.717, 1.165) is 0 Å². The molecule has 0 aromatic heterocycles. The second-order valence-electron chi connectivity index (χ2n) is 3.56. The summed E-state index contributed by atoms with van der Waals surface area (Å²) in [5.41, 5.74) is 5.62. The van der Waals surface area contributed by atoms with Crippen molar-refractivity contribution in [2.75, 3.05) is 13.9 Å². The molecule has 0 heterocycles. The summed E-state index contributed by atoms with van der Waals surface area (Å²) in [6.07, 6.45) is -0.587. The lowest BCUT2D eigenvalue weighted by Crippen LogP contribution is -2.37. The molecule has 0 aliphatic carbocycles.